The number of nitrogens with zero attached hydrogens (tertiary/aromatic N) is 2. The average molecular weight is 349 g/mol. The molecule has 3 heteroatoms. The van der Waals surface area contributed by atoms with E-state index in [0.29, 0.717) is 0 Å². The zero-order valence-corrected chi connectivity index (χ0v) is 16.6. The van der Waals surface area contributed by atoms with E-state index in [1.165, 1.54) is 43.5 Å². The minimum Gasteiger partial charge on any atom is -0.293 e. The number of fused-ring (bicyclic) bond motifs is 3. The van der Waals surface area contributed by atoms with Crippen LogP contribution in [0.2, 0.25) is 0 Å². The Hall–Kier alpha value is -2.00. The first kappa shape index (κ1) is 15.3. The quantitative estimate of drug-likeness (QED) is 0.360. The lowest BCUT2D eigenvalue weighted by Gasteiger charge is -2.50. The summed E-state index contributed by atoms with van der Waals surface area (Å²) in [4.78, 5) is 6.58. The summed E-state index contributed by atoms with van der Waals surface area (Å²) in [5.41, 5.74) is 6.44. The highest BCUT2D eigenvalue weighted by Gasteiger charge is 2.44. The van der Waals surface area contributed by atoms with Gasteiger partial charge >= 0.3 is 0 Å². The van der Waals surface area contributed by atoms with E-state index in [4.69, 9.17) is 4.98 Å². The van der Waals surface area contributed by atoms with Crippen LogP contribution < -0.4 is 0 Å². The van der Waals surface area contributed by atoms with Crippen molar-refractivity contribution in [3.05, 3.63) is 53.3 Å². The van der Waals surface area contributed by atoms with Gasteiger partial charge in [-0.2, -0.15) is 0 Å². The van der Waals surface area contributed by atoms with Gasteiger partial charge in [0.15, 0.2) is 0 Å². The fraction of sp³-hybridized carbons (Fsp3) is 0.318. The Morgan fingerprint density at radius 1 is 0.960 bits per heavy atom. The van der Waals surface area contributed by atoms with Crippen molar-refractivity contribution in [3.8, 4) is 0 Å². The van der Waals surface area contributed by atoms with Crippen molar-refractivity contribution in [1.82, 2.24) is 9.38 Å². The summed E-state index contributed by atoms with van der Waals surface area (Å²) >= 11 is 0. The fourth-order valence-electron chi connectivity index (χ4n) is 4.69. The molecule has 128 valence electrons. The topological polar surface area (TPSA) is 17.3 Å². The number of aryl methyl sites for hydroxylation is 2. The van der Waals surface area contributed by atoms with Gasteiger partial charge in [-0.25, -0.2) is 15.0 Å². The number of benzene rings is 2. The Morgan fingerprint density at radius 2 is 1.64 bits per heavy atom. The van der Waals surface area contributed by atoms with Crippen LogP contribution in [0.5, 0.6) is 0 Å². The van der Waals surface area contributed by atoms with Gasteiger partial charge in [-0.1, -0.05) is 30.3 Å². The molecule has 0 radical (unpaired) electrons. The number of aromatic nitrogens is 2. The zero-order valence-electron chi connectivity index (χ0n) is 15.8. The number of imidazole rings is 1. The Morgan fingerprint density at radius 3 is 2.36 bits per heavy atom. The average Bonchev–Trinajstić information content (AvgIpc) is 2.91. The lowest BCUT2D eigenvalue weighted by atomic mass is 10.0. The molecule has 1 aliphatic heterocycles. The Balaban J connectivity index is 2.26. The van der Waals surface area contributed by atoms with Gasteiger partial charge in [0.05, 0.1) is 16.9 Å². The van der Waals surface area contributed by atoms with Gasteiger partial charge < -0.3 is 0 Å². The summed E-state index contributed by atoms with van der Waals surface area (Å²) in [6.07, 6.45) is 4.93. The maximum Gasteiger partial charge on any atom is 0.145 e. The van der Waals surface area contributed by atoms with Crippen LogP contribution >= 0.6 is 10.0 Å². The van der Waals surface area contributed by atoms with Crippen LogP contribution in [0.25, 0.3) is 27.3 Å². The number of hydrogen-bond donors (Lipinski definition) is 0. The summed E-state index contributed by atoms with van der Waals surface area (Å²) in [7, 11) is -1.01. The summed E-state index contributed by atoms with van der Waals surface area (Å²) in [6, 6.07) is 13.4. The zero-order chi connectivity index (χ0) is 17.7. The van der Waals surface area contributed by atoms with Gasteiger partial charge in [0.2, 0.25) is 0 Å². The maximum absolute atomic E-state index is 5.06. The molecular weight excluding hydrogens is 324 g/mol. The molecule has 0 N–H and O–H groups in total. The highest BCUT2D eigenvalue weighted by atomic mass is 32.3. The molecular formula is C22H24N2S. The molecule has 0 bridgehead atoms. The van der Waals surface area contributed by atoms with Gasteiger partial charge in [-0.3, -0.25) is 4.40 Å². The molecule has 2 nitrogen and oxygen atoms in total. The van der Waals surface area contributed by atoms with E-state index in [-0.39, 0.29) is 4.75 Å². The molecule has 0 amide bonds. The summed E-state index contributed by atoms with van der Waals surface area (Å²) in [5.74, 6) is 0. The largest absolute Gasteiger partial charge is 0.293 e. The van der Waals surface area contributed by atoms with Crippen molar-refractivity contribution in [2.24, 2.45) is 0 Å². The van der Waals surface area contributed by atoms with Gasteiger partial charge in [0, 0.05) is 20.4 Å². The molecule has 1 aliphatic rings. The third-order valence-corrected chi connectivity index (χ3v) is 10.6. The molecule has 0 fully saturated rings. The van der Waals surface area contributed by atoms with Crippen LogP contribution in [-0.2, 0) is 4.75 Å². The van der Waals surface area contributed by atoms with E-state index in [9.17, 15) is 0 Å². The highest BCUT2D eigenvalue weighted by Crippen LogP contribution is 2.68. The van der Waals surface area contributed by atoms with Crippen LogP contribution in [0.1, 0.15) is 30.8 Å². The van der Waals surface area contributed by atoms with E-state index in [0.717, 1.165) is 5.65 Å². The Kier molecular flexibility index (Phi) is 2.68. The normalized spacial score (nSPS) is 19.1. The van der Waals surface area contributed by atoms with Crippen molar-refractivity contribution in [2.45, 2.75) is 37.3 Å². The molecule has 0 spiro atoms. The molecule has 0 aliphatic carbocycles. The van der Waals surface area contributed by atoms with Crippen molar-refractivity contribution in [2.75, 3.05) is 12.5 Å². The minimum atomic E-state index is -1.01. The first-order valence-corrected chi connectivity index (χ1v) is 11.3. The Bertz CT molecular complexity index is 1210. The van der Waals surface area contributed by atoms with Crippen LogP contribution in [0.15, 0.2) is 41.3 Å². The lowest BCUT2D eigenvalue weighted by Crippen LogP contribution is -2.31. The fourth-order valence-corrected chi connectivity index (χ4v) is 7.05. The second-order valence-electron chi connectivity index (χ2n) is 8.19. The molecule has 2 aromatic carbocycles. The first-order chi connectivity index (χ1) is 11.8. The minimum absolute atomic E-state index is 0.0914. The van der Waals surface area contributed by atoms with Crippen molar-refractivity contribution in [3.63, 3.8) is 0 Å². The van der Waals surface area contributed by atoms with Gasteiger partial charge in [-0.05, 0) is 57.2 Å². The third-order valence-electron chi connectivity index (χ3n) is 6.46. The second kappa shape index (κ2) is 4.39. The van der Waals surface area contributed by atoms with Crippen molar-refractivity contribution in [1.29, 1.82) is 0 Å². The van der Waals surface area contributed by atoms with E-state index in [1.54, 1.807) is 0 Å². The SMILES string of the molecule is Cc1nc2c3ccccc3c3c(C)ccc4c3n2c1C(C)(C)S4(C)C. The second-order valence-corrected chi connectivity index (χ2v) is 12.3. The molecule has 0 unspecified atom stereocenters. The predicted octanol–water partition coefficient (Wildman–Crippen LogP) is 5.93. The van der Waals surface area contributed by atoms with E-state index >= 15 is 0 Å². The molecule has 0 saturated carbocycles. The molecule has 3 heterocycles. The van der Waals surface area contributed by atoms with Crippen molar-refractivity contribution >= 4 is 37.4 Å². The van der Waals surface area contributed by atoms with E-state index in [1.807, 2.05) is 0 Å². The number of rotatable bonds is 0. The first-order valence-electron chi connectivity index (χ1n) is 8.83. The van der Waals surface area contributed by atoms with Crippen LogP contribution in [0, 0.1) is 13.8 Å². The summed E-state index contributed by atoms with van der Waals surface area (Å²) in [6.45, 7) is 9.23. The van der Waals surface area contributed by atoms with E-state index < -0.39 is 10.0 Å². The number of hydrogen-bond acceptors (Lipinski definition) is 1. The van der Waals surface area contributed by atoms with Crippen LogP contribution in [0.4, 0.5) is 0 Å². The molecule has 0 saturated heterocycles. The summed E-state index contributed by atoms with van der Waals surface area (Å²) in [5, 5.41) is 3.99. The molecule has 25 heavy (non-hydrogen) atoms. The maximum atomic E-state index is 5.06. The van der Waals surface area contributed by atoms with Gasteiger partial charge in [-0.15, -0.1) is 0 Å². The molecule has 2 aromatic heterocycles. The monoisotopic (exact) mass is 348 g/mol. The molecule has 4 aromatic rings. The molecule has 0 atom stereocenters. The third kappa shape index (κ3) is 1.56. The van der Waals surface area contributed by atoms with Crippen LogP contribution in [-0.4, -0.2) is 21.9 Å². The smallest absolute Gasteiger partial charge is 0.145 e. The summed E-state index contributed by atoms with van der Waals surface area (Å²) < 4.78 is 2.57. The van der Waals surface area contributed by atoms with Crippen LogP contribution in [0.3, 0.4) is 0 Å². The van der Waals surface area contributed by atoms with Crippen molar-refractivity contribution < 1.29 is 0 Å². The van der Waals surface area contributed by atoms with Gasteiger partial charge in [0.1, 0.15) is 5.65 Å². The predicted molar refractivity (Wildman–Crippen MR) is 110 cm³/mol. The Labute approximate surface area is 150 Å². The van der Waals surface area contributed by atoms with Gasteiger partial charge in [0.25, 0.3) is 0 Å². The van der Waals surface area contributed by atoms with E-state index in [2.05, 4.69) is 81.0 Å². The standard InChI is InChI=1S/C22H24N2S/c1-13-11-12-17-19-18(13)15-9-7-8-10-16(15)21-23-14(2)20(24(19)21)22(3,4)25(17,5)6/h7-12H,1-6H3. The number of pyridine rings is 1. The molecule has 5 rings (SSSR count). The highest BCUT2D eigenvalue weighted by molar-refractivity contribution is 8.33. The lowest BCUT2D eigenvalue weighted by molar-refractivity contribution is 0.711.